The molecule has 0 aromatic carbocycles. The SMILES string of the molecule is CCNC(Cc1nccs1)c1cc2c(s1)CCC2. The van der Waals surface area contributed by atoms with Crippen LogP contribution in [0.15, 0.2) is 17.6 Å². The molecule has 1 aliphatic carbocycles. The zero-order valence-electron chi connectivity index (χ0n) is 10.6. The summed E-state index contributed by atoms with van der Waals surface area (Å²) in [7, 11) is 0. The summed E-state index contributed by atoms with van der Waals surface area (Å²) in [6.07, 6.45) is 6.83. The zero-order valence-corrected chi connectivity index (χ0v) is 12.2. The summed E-state index contributed by atoms with van der Waals surface area (Å²) in [6, 6.07) is 2.87. The first-order chi connectivity index (χ1) is 8.86. The lowest BCUT2D eigenvalue weighted by Crippen LogP contribution is -2.22. The highest BCUT2D eigenvalue weighted by molar-refractivity contribution is 7.12. The number of hydrogen-bond donors (Lipinski definition) is 1. The smallest absolute Gasteiger partial charge is 0.0944 e. The molecular formula is C14H18N2S2. The topological polar surface area (TPSA) is 24.9 Å². The molecule has 2 aromatic heterocycles. The Morgan fingerprint density at radius 1 is 1.44 bits per heavy atom. The van der Waals surface area contributed by atoms with E-state index in [0.717, 1.165) is 13.0 Å². The van der Waals surface area contributed by atoms with Crippen LogP contribution in [-0.4, -0.2) is 11.5 Å². The van der Waals surface area contributed by atoms with E-state index in [2.05, 4.69) is 28.7 Å². The average molecular weight is 278 g/mol. The molecule has 2 aromatic rings. The Balaban J connectivity index is 1.79. The van der Waals surface area contributed by atoms with Crippen molar-refractivity contribution >= 4 is 22.7 Å². The van der Waals surface area contributed by atoms with Crippen LogP contribution < -0.4 is 5.32 Å². The maximum Gasteiger partial charge on any atom is 0.0944 e. The molecule has 2 nitrogen and oxygen atoms in total. The van der Waals surface area contributed by atoms with Crippen molar-refractivity contribution < 1.29 is 0 Å². The Morgan fingerprint density at radius 2 is 2.39 bits per heavy atom. The second-order valence-corrected chi connectivity index (χ2v) is 6.84. The number of aryl methyl sites for hydroxylation is 2. The zero-order chi connectivity index (χ0) is 12.4. The van der Waals surface area contributed by atoms with Crippen molar-refractivity contribution in [2.45, 2.75) is 38.6 Å². The molecule has 0 spiro atoms. The molecule has 1 aliphatic rings. The number of aromatic nitrogens is 1. The third-order valence-corrected chi connectivity index (χ3v) is 5.57. The Morgan fingerprint density at radius 3 is 3.11 bits per heavy atom. The molecule has 0 fully saturated rings. The van der Waals surface area contributed by atoms with Crippen molar-refractivity contribution in [3.63, 3.8) is 0 Å². The van der Waals surface area contributed by atoms with Crippen molar-refractivity contribution in [1.29, 1.82) is 0 Å². The molecule has 0 aliphatic heterocycles. The molecule has 0 radical (unpaired) electrons. The molecule has 3 rings (SSSR count). The van der Waals surface area contributed by atoms with E-state index < -0.39 is 0 Å². The van der Waals surface area contributed by atoms with Gasteiger partial charge < -0.3 is 5.32 Å². The van der Waals surface area contributed by atoms with E-state index in [0.29, 0.717) is 6.04 Å². The summed E-state index contributed by atoms with van der Waals surface area (Å²) in [5, 5.41) is 6.90. The number of hydrogen-bond acceptors (Lipinski definition) is 4. The van der Waals surface area contributed by atoms with Crippen LogP contribution in [0.1, 0.15) is 39.7 Å². The number of thiazole rings is 1. The van der Waals surface area contributed by atoms with Crippen LogP contribution in [0.25, 0.3) is 0 Å². The number of nitrogens with zero attached hydrogens (tertiary/aromatic N) is 1. The second kappa shape index (κ2) is 5.51. The van der Waals surface area contributed by atoms with Gasteiger partial charge in [0.25, 0.3) is 0 Å². The van der Waals surface area contributed by atoms with Crippen molar-refractivity contribution in [2.75, 3.05) is 6.54 Å². The summed E-state index contributed by atoms with van der Waals surface area (Å²) >= 11 is 3.76. The fourth-order valence-corrected chi connectivity index (χ4v) is 4.57. The second-order valence-electron chi connectivity index (χ2n) is 4.69. The lowest BCUT2D eigenvalue weighted by Gasteiger charge is -2.15. The summed E-state index contributed by atoms with van der Waals surface area (Å²) in [5.41, 5.74) is 1.59. The van der Waals surface area contributed by atoms with Gasteiger partial charge in [-0.15, -0.1) is 22.7 Å². The molecule has 0 saturated heterocycles. The first kappa shape index (κ1) is 12.3. The maximum absolute atomic E-state index is 4.41. The van der Waals surface area contributed by atoms with E-state index in [1.807, 2.05) is 17.5 Å². The van der Waals surface area contributed by atoms with Gasteiger partial charge in [-0.3, -0.25) is 0 Å². The monoisotopic (exact) mass is 278 g/mol. The maximum atomic E-state index is 4.41. The Kier molecular flexibility index (Phi) is 3.77. The van der Waals surface area contributed by atoms with Gasteiger partial charge in [-0.25, -0.2) is 4.98 Å². The van der Waals surface area contributed by atoms with E-state index >= 15 is 0 Å². The number of thiophene rings is 1. The van der Waals surface area contributed by atoms with Crippen LogP contribution in [-0.2, 0) is 19.3 Å². The molecule has 18 heavy (non-hydrogen) atoms. The van der Waals surface area contributed by atoms with Crippen LogP contribution in [0.2, 0.25) is 0 Å². The standard InChI is InChI=1S/C14H18N2S2/c1-2-15-11(9-14-16-6-7-17-14)13-8-10-4-3-5-12(10)18-13/h6-8,11,15H,2-5,9H2,1H3. The van der Waals surface area contributed by atoms with Crippen LogP contribution >= 0.6 is 22.7 Å². The van der Waals surface area contributed by atoms with Gasteiger partial charge in [0.15, 0.2) is 0 Å². The van der Waals surface area contributed by atoms with Crippen molar-refractivity contribution in [1.82, 2.24) is 10.3 Å². The van der Waals surface area contributed by atoms with Gasteiger partial charge in [0.05, 0.1) is 5.01 Å². The van der Waals surface area contributed by atoms with E-state index in [9.17, 15) is 0 Å². The molecule has 0 amide bonds. The molecule has 0 saturated carbocycles. The minimum Gasteiger partial charge on any atom is -0.309 e. The molecule has 1 atom stereocenters. The van der Waals surface area contributed by atoms with Crippen LogP contribution in [0.5, 0.6) is 0 Å². The molecule has 96 valence electrons. The molecule has 4 heteroatoms. The van der Waals surface area contributed by atoms with Crippen molar-refractivity contribution in [3.8, 4) is 0 Å². The van der Waals surface area contributed by atoms with Gasteiger partial charge in [0.2, 0.25) is 0 Å². The lowest BCUT2D eigenvalue weighted by molar-refractivity contribution is 0.556. The van der Waals surface area contributed by atoms with Crippen LogP contribution in [0.4, 0.5) is 0 Å². The molecular weight excluding hydrogens is 260 g/mol. The minimum absolute atomic E-state index is 0.441. The van der Waals surface area contributed by atoms with Gasteiger partial charge in [-0.05, 0) is 37.4 Å². The highest BCUT2D eigenvalue weighted by Crippen LogP contribution is 2.34. The molecule has 1 N–H and O–H groups in total. The summed E-state index contributed by atoms with van der Waals surface area (Å²) < 4.78 is 0. The molecule has 1 unspecified atom stereocenters. The largest absolute Gasteiger partial charge is 0.309 e. The third kappa shape index (κ3) is 2.51. The Hall–Kier alpha value is -0.710. The van der Waals surface area contributed by atoms with E-state index in [1.54, 1.807) is 21.8 Å². The number of likely N-dealkylation sites (N-methyl/N-ethyl adjacent to an activating group) is 1. The predicted molar refractivity (Wildman–Crippen MR) is 78.6 cm³/mol. The van der Waals surface area contributed by atoms with Crippen LogP contribution in [0.3, 0.4) is 0 Å². The van der Waals surface area contributed by atoms with Gasteiger partial charge in [-0.1, -0.05) is 6.92 Å². The average Bonchev–Trinajstić information content (AvgIpc) is 3.04. The van der Waals surface area contributed by atoms with Gasteiger partial charge >= 0.3 is 0 Å². The quantitative estimate of drug-likeness (QED) is 0.904. The van der Waals surface area contributed by atoms with Crippen molar-refractivity contribution in [2.24, 2.45) is 0 Å². The summed E-state index contributed by atoms with van der Waals surface area (Å²) in [6.45, 7) is 3.19. The number of nitrogens with one attached hydrogen (secondary N) is 1. The van der Waals surface area contributed by atoms with Gasteiger partial charge in [0, 0.05) is 33.8 Å². The first-order valence-corrected chi connectivity index (χ1v) is 8.29. The van der Waals surface area contributed by atoms with E-state index in [4.69, 9.17) is 0 Å². The highest BCUT2D eigenvalue weighted by atomic mass is 32.1. The fraction of sp³-hybridized carbons (Fsp3) is 0.500. The Labute approximate surface area is 116 Å². The summed E-state index contributed by atoms with van der Waals surface area (Å²) in [4.78, 5) is 7.52. The summed E-state index contributed by atoms with van der Waals surface area (Å²) in [5.74, 6) is 0. The lowest BCUT2D eigenvalue weighted by atomic mass is 10.1. The van der Waals surface area contributed by atoms with Gasteiger partial charge in [0.1, 0.15) is 0 Å². The molecule has 2 heterocycles. The predicted octanol–water partition coefficient (Wildman–Crippen LogP) is 3.59. The number of fused-ring (bicyclic) bond motifs is 1. The fourth-order valence-electron chi connectivity index (χ4n) is 2.57. The van der Waals surface area contributed by atoms with Crippen LogP contribution in [0, 0.1) is 0 Å². The molecule has 0 bridgehead atoms. The van der Waals surface area contributed by atoms with Gasteiger partial charge in [-0.2, -0.15) is 0 Å². The Bertz CT molecular complexity index is 480. The third-order valence-electron chi connectivity index (χ3n) is 3.42. The first-order valence-electron chi connectivity index (χ1n) is 6.60. The number of rotatable bonds is 5. The highest BCUT2D eigenvalue weighted by Gasteiger charge is 2.20. The van der Waals surface area contributed by atoms with E-state index in [-0.39, 0.29) is 0 Å². The van der Waals surface area contributed by atoms with E-state index in [1.165, 1.54) is 29.1 Å². The normalized spacial score (nSPS) is 15.8. The van der Waals surface area contributed by atoms with Crippen molar-refractivity contribution in [3.05, 3.63) is 38.0 Å². The minimum atomic E-state index is 0.441.